The second-order valence-electron chi connectivity index (χ2n) is 5.46. The number of nitrogens with one attached hydrogen (secondary N) is 1. The highest BCUT2D eigenvalue weighted by Gasteiger charge is 2.23. The Labute approximate surface area is 104 Å². The van der Waals surface area contributed by atoms with Crippen molar-refractivity contribution in [2.45, 2.75) is 52.1 Å². The van der Waals surface area contributed by atoms with Crippen molar-refractivity contribution < 1.29 is 0 Å². The van der Waals surface area contributed by atoms with Crippen molar-refractivity contribution in [3.8, 4) is 0 Å². The molecule has 94 valence electrons. The lowest BCUT2D eigenvalue weighted by atomic mass is 9.79. The van der Waals surface area contributed by atoms with Crippen LogP contribution in [0.4, 0.5) is 0 Å². The van der Waals surface area contributed by atoms with Crippen LogP contribution in [0.3, 0.4) is 0 Å². The van der Waals surface area contributed by atoms with Gasteiger partial charge in [-0.3, -0.25) is 0 Å². The summed E-state index contributed by atoms with van der Waals surface area (Å²) in [4.78, 5) is 0. The van der Waals surface area contributed by atoms with E-state index in [1.807, 2.05) is 12.1 Å². The van der Waals surface area contributed by atoms with Crippen molar-refractivity contribution in [3.05, 3.63) is 24.0 Å². The zero-order valence-corrected chi connectivity index (χ0v) is 10.9. The molecule has 1 aliphatic carbocycles. The zero-order valence-electron chi connectivity index (χ0n) is 10.9. The number of hydrogen-bond acceptors (Lipinski definition) is 3. The third kappa shape index (κ3) is 3.77. The van der Waals surface area contributed by atoms with Crippen molar-refractivity contribution in [3.63, 3.8) is 0 Å². The first-order chi connectivity index (χ1) is 8.25. The van der Waals surface area contributed by atoms with Crippen LogP contribution in [0.1, 0.15) is 45.2 Å². The number of rotatable bonds is 4. The van der Waals surface area contributed by atoms with E-state index in [1.54, 1.807) is 6.20 Å². The van der Waals surface area contributed by atoms with Gasteiger partial charge in [-0.15, -0.1) is 0 Å². The molecule has 1 aromatic heterocycles. The summed E-state index contributed by atoms with van der Waals surface area (Å²) in [5, 5.41) is 11.6. The van der Waals surface area contributed by atoms with Crippen LogP contribution in [0.2, 0.25) is 0 Å². The Morgan fingerprint density at radius 2 is 2.29 bits per heavy atom. The van der Waals surface area contributed by atoms with Crippen LogP contribution >= 0.6 is 0 Å². The van der Waals surface area contributed by atoms with Crippen LogP contribution < -0.4 is 5.32 Å². The Kier molecular flexibility index (Phi) is 4.49. The molecule has 1 aliphatic rings. The second-order valence-corrected chi connectivity index (χ2v) is 5.46. The molecule has 2 unspecified atom stereocenters. The van der Waals surface area contributed by atoms with Gasteiger partial charge >= 0.3 is 0 Å². The summed E-state index contributed by atoms with van der Waals surface area (Å²) >= 11 is 0. The zero-order chi connectivity index (χ0) is 12.1. The van der Waals surface area contributed by atoms with Gasteiger partial charge in [-0.1, -0.05) is 26.7 Å². The average Bonchev–Trinajstić information content (AvgIpc) is 2.38. The minimum absolute atomic E-state index is 0.665. The minimum Gasteiger partial charge on any atom is -0.308 e. The van der Waals surface area contributed by atoms with E-state index >= 15 is 0 Å². The molecule has 1 aromatic rings. The Morgan fingerprint density at radius 1 is 1.41 bits per heavy atom. The number of nitrogens with zero attached hydrogens (tertiary/aromatic N) is 2. The lowest BCUT2D eigenvalue weighted by Gasteiger charge is -2.32. The Morgan fingerprint density at radius 3 is 3.00 bits per heavy atom. The van der Waals surface area contributed by atoms with Gasteiger partial charge < -0.3 is 5.32 Å². The molecule has 0 aromatic carbocycles. The summed E-state index contributed by atoms with van der Waals surface area (Å²) in [6.07, 6.45) is 7.11. The quantitative estimate of drug-likeness (QED) is 0.869. The molecule has 0 amide bonds. The number of hydrogen-bond donors (Lipinski definition) is 1. The van der Waals surface area contributed by atoms with E-state index in [0.717, 1.165) is 24.1 Å². The normalized spacial score (nSPS) is 25.1. The molecule has 3 heteroatoms. The fraction of sp³-hybridized carbons (Fsp3) is 0.714. The monoisotopic (exact) mass is 233 g/mol. The van der Waals surface area contributed by atoms with Gasteiger partial charge in [-0.2, -0.15) is 10.2 Å². The standard InChI is InChI=1S/C14H23N3/c1-11(2)12-5-3-6-13(9-12)15-10-14-7-4-8-16-17-14/h4,7-8,11-13,15H,3,5-6,9-10H2,1-2H3. The van der Waals surface area contributed by atoms with Gasteiger partial charge in [0, 0.05) is 18.8 Å². The van der Waals surface area contributed by atoms with E-state index in [-0.39, 0.29) is 0 Å². The van der Waals surface area contributed by atoms with E-state index in [9.17, 15) is 0 Å². The van der Waals surface area contributed by atoms with E-state index in [0.29, 0.717) is 6.04 Å². The van der Waals surface area contributed by atoms with Crippen molar-refractivity contribution in [2.75, 3.05) is 0 Å². The van der Waals surface area contributed by atoms with Gasteiger partial charge in [0.15, 0.2) is 0 Å². The van der Waals surface area contributed by atoms with E-state index in [2.05, 4.69) is 29.4 Å². The second kappa shape index (κ2) is 6.10. The largest absolute Gasteiger partial charge is 0.308 e. The van der Waals surface area contributed by atoms with Gasteiger partial charge in [0.1, 0.15) is 0 Å². The summed E-state index contributed by atoms with van der Waals surface area (Å²) in [6, 6.07) is 4.64. The third-order valence-electron chi connectivity index (χ3n) is 3.86. The molecule has 0 radical (unpaired) electrons. The summed E-state index contributed by atoms with van der Waals surface area (Å²) in [6.45, 7) is 5.54. The van der Waals surface area contributed by atoms with Gasteiger partial charge in [-0.05, 0) is 36.8 Å². The van der Waals surface area contributed by atoms with Gasteiger partial charge in [-0.25, -0.2) is 0 Å². The smallest absolute Gasteiger partial charge is 0.0769 e. The van der Waals surface area contributed by atoms with Crippen LogP contribution in [0.5, 0.6) is 0 Å². The van der Waals surface area contributed by atoms with Gasteiger partial charge in [0.05, 0.1) is 5.69 Å². The van der Waals surface area contributed by atoms with Crippen molar-refractivity contribution >= 4 is 0 Å². The predicted molar refractivity (Wildman–Crippen MR) is 69.5 cm³/mol. The molecule has 17 heavy (non-hydrogen) atoms. The van der Waals surface area contributed by atoms with Crippen LogP contribution in [0, 0.1) is 11.8 Å². The third-order valence-corrected chi connectivity index (χ3v) is 3.86. The fourth-order valence-electron chi connectivity index (χ4n) is 2.70. The topological polar surface area (TPSA) is 37.8 Å². The van der Waals surface area contributed by atoms with Crippen LogP contribution in [0.15, 0.2) is 18.3 Å². The first kappa shape index (κ1) is 12.5. The lowest BCUT2D eigenvalue weighted by molar-refractivity contribution is 0.230. The predicted octanol–water partition coefficient (Wildman–Crippen LogP) is 2.78. The summed E-state index contributed by atoms with van der Waals surface area (Å²) in [5.41, 5.74) is 1.04. The highest BCUT2D eigenvalue weighted by atomic mass is 15.1. The summed E-state index contributed by atoms with van der Waals surface area (Å²) in [7, 11) is 0. The Balaban J connectivity index is 1.79. The van der Waals surface area contributed by atoms with Crippen LogP contribution in [0.25, 0.3) is 0 Å². The molecule has 0 bridgehead atoms. The maximum Gasteiger partial charge on any atom is 0.0769 e. The van der Waals surface area contributed by atoms with E-state index < -0.39 is 0 Å². The minimum atomic E-state index is 0.665. The van der Waals surface area contributed by atoms with E-state index in [4.69, 9.17) is 0 Å². The van der Waals surface area contributed by atoms with E-state index in [1.165, 1.54) is 25.7 Å². The average molecular weight is 233 g/mol. The molecule has 1 saturated carbocycles. The number of aromatic nitrogens is 2. The molecule has 1 N–H and O–H groups in total. The first-order valence-corrected chi connectivity index (χ1v) is 6.75. The molecule has 0 spiro atoms. The molecule has 1 fully saturated rings. The fourth-order valence-corrected chi connectivity index (χ4v) is 2.70. The molecular formula is C14H23N3. The summed E-state index contributed by atoms with van der Waals surface area (Å²) < 4.78 is 0. The maximum absolute atomic E-state index is 4.10. The van der Waals surface area contributed by atoms with Crippen LogP contribution in [-0.2, 0) is 6.54 Å². The van der Waals surface area contributed by atoms with Gasteiger partial charge in [0.2, 0.25) is 0 Å². The van der Waals surface area contributed by atoms with Crippen molar-refractivity contribution in [1.82, 2.24) is 15.5 Å². The molecule has 0 saturated heterocycles. The molecule has 2 rings (SSSR count). The molecule has 2 atom stereocenters. The molecule has 1 heterocycles. The maximum atomic E-state index is 4.10. The highest BCUT2D eigenvalue weighted by Crippen LogP contribution is 2.29. The Hall–Kier alpha value is -0.960. The van der Waals surface area contributed by atoms with Gasteiger partial charge in [0.25, 0.3) is 0 Å². The first-order valence-electron chi connectivity index (χ1n) is 6.75. The van der Waals surface area contributed by atoms with Crippen molar-refractivity contribution in [1.29, 1.82) is 0 Å². The Bertz CT molecular complexity index is 323. The molecule has 0 aliphatic heterocycles. The summed E-state index contributed by atoms with van der Waals surface area (Å²) in [5.74, 6) is 1.71. The lowest BCUT2D eigenvalue weighted by Crippen LogP contribution is -2.35. The van der Waals surface area contributed by atoms with Crippen molar-refractivity contribution in [2.24, 2.45) is 11.8 Å². The SMILES string of the molecule is CC(C)C1CCCC(NCc2cccnn2)C1. The van der Waals surface area contributed by atoms with Crippen LogP contribution in [-0.4, -0.2) is 16.2 Å². The molecular weight excluding hydrogens is 210 g/mol. The molecule has 3 nitrogen and oxygen atoms in total. The highest BCUT2D eigenvalue weighted by molar-refractivity contribution is 4.98.